The highest BCUT2D eigenvalue weighted by molar-refractivity contribution is 9.10. The zero-order valence-electron chi connectivity index (χ0n) is 8.76. The number of benzene rings is 1. The molecule has 0 saturated carbocycles. The quantitative estimate of drug-likeness (QED) is 0.442. The van der Waals surface area contributed by atoms with Gasteiger partial charge < -0.3 is 5.73 Å². The third kappa shape index (κ3) is 2.30. The molecule has 0 aliphatic rings. The molecule has 0 fully saturated rings. The number of nitrogens with two attached hydrogens (primary N) is 1. The van der Waals surface area contributed by atoms with Crippen molar-refractivity contribution in [2.75, 3.05) is 10.8 Å². The normalized spacial score (nSPS) is 10.4. The SMILES string of the molecule is N=C(c1nonc1N)N(O)c1cc(Cl)ccc1Br. The van der Waals surface area contributed by atoms with Gasteiger partial charge in [-0.3, -0.25) is 10.6 Å². The summed E-state index contributed by atoms with van der Waals surface area (Å²) in [5.41, 5.74) is 5.65. The number of aromatic nitrogens is 2. The van der Waals surface area contributed by atoms with E-state index in [1.54, 1.807) is 12.1 Å². The molecule has 1 aromatic heterocycles. The highest BCUT2D eigenvalue weighted by atomic mass is 79.9. The zero-order valence-corrected chi connectivity index (χ0v) is 11.1. The van der Waals surface area contributed by atoms with Gasteiger partial charge in [0.1, 0.15) is 0 Å². The van der Waals surface area contributed by atoms with Crippen molar-refractivity contribution in [1.29, 1.82) is 5.41 Å². The van der Waals surface area contributed by atoms with Gasteiger partial charge in [-0.05, 0) is 44.4 Å². The Hall–Kier alpha value is -1.64. The van der Waals surface area contributed by atoms with Gasteiger partial charge in [0.05, 0.1) is 5.69 Å². The molecule has 1 aromatic carbocycles. The molecule has 18 heavy (non-hydrogen) atoms. The summed E-state index contributed by atoms with van der Waals surface area (Å²) >= 11 is 9.05. The summed E-state index contributed by atoms with van der Waals surface area (Å²) < 4.78 is 4.92. The van der Waals surface area contributed by atoms with E-state index in [9.17, 15) is 5.21 Å². The summed E-state index contributed by atoms with van der Waals surface area (Å²) in [6.07, 6.45) is 0. The molecule has 0 amide bonds. The van der Waals surface area contributed by atoms with E-state index >= 15 is 0 Å². The van der Waals surface area contributed by atoms with E-state index in [0.717, 1.165) is 0 Å². The van der Waals surface area contributed by atoms with Crippen LogP contribution in [0.3, 0.4) is 0 Å². The molecular formula is C9H7BrClN5O2. The van der Waals surface area contributed by atoms with Gasteiger partial charge in [0.25, 0.3) is 0 Å². The van der Waals surface area contributed by atoms with Crippen LogP contribution in [0.15, 0.2) is 27.3 Å². The van der Waals surface area contributed by atoms with Gasteiger partial charge >= 0.3 is 0 Å². The third-order valence-electron chi connectivity index (χ3n) is 2.09. The summed E-state index contributed by atoms with van der Waals surface area (Å²) in [7, 11) is 0. The smallest absolute Gasteiger partial charge is 0.199 e. The van der Waals surface area contributed by atoms with Crippen molar-refractivity contribution in [3.63, 3.8) is 0 Å². The van der Waals surface area contributed by atoms with Gasteiger partial charge in [-0.2, -0.15) is 0 Å². The topological polar surface area (TPSA) is 112 Å². The molecule has 0 bridgehead atoms. The molecule has 0 aliphatic heterocycles. The molecule has 94 valence electrons. The summed E-state index contributed by atoms with van der Waals surface area (Å²) in [6.45, 7) is 0. The van der Waals surface area contributed by atoms with Crippen molar-refractivity contribution in [2.45, 2.75) is 0 Å². The minimum absolute atomic E-state index is 0.0654. The van der Waals surface area contributed by atoms with E-state index in [1.165, 1.54) is 6.07 Å². The molecule has 2 aromatic rings. The van der Waals surface area contributed by atoms with Crippen LogP contribution in [0.4, 0.5) is 11.5 Å². The Labute approximate surface area is 115 Å². The Morgan fingerprint density at radius 2 is 2.22 bits per heavy atom. The lowest BCUT2D eigenvalue weighted by molar-refractivity contribution is 0.300. The summed E-state index contributed by atoms with van der Waals surface area (Å²) in [6, 6.07) is 4.75. The van der Waals surface area contributed by atoms with Crippen molar-refractivity contribution in [3.8, 4) is 0 Å². The molecule has 7 nitrogen and oxygen atoms in total. The Balaban J connectivity index is 2.37. The van der Waals surface area contributed by atoms with Crippen molar-refractivity contribution in [3.05, 3.63) is 33.4 Å². The number of nitrogens with one attached hydrogen (secondary N) is 1. The number of hydrogen-bond acceptors (Lipinski definition) is 6. The van der Waals surface area contributed by atoms with Crippen LogP contribution in [0, 0.1) is 5.41 Å². The van der Waals surface area contributed by atoms with Crippen LogP contribution < -0.4 is 10.8 Å². The van der Waals surface area contributed by atoms with Crippen LogP contribution in [0.1, 0.15) is 5.69 Å². The molecule has 2 rings (SSSR count). The monoisotopic (exact) mass is 331 g/mol. The Morgan fingerprint density at radius 1 is 1.50 bits per heavy atom. The number of nitrogens with zero attached hydrogens (tertiary/aromatic N) is 3. The highest BCUT2D eigenvalue weighted by Gasteiger charge is 2.21. The average Bonchev–Trinajstić information content (AvgIpc) is 2.77. The maximum Gasteiger partial charge on any atom is 0.199 e. The predicted octanol–water partition coefficient (Wildman–Crippen LogP) is 2.29. The second kappa shape index (κ2) is 4.92. The number of hydroxylamine groups is 1. The molecule has 0 aliphatic carbocycles. The van der Waals surface area contributed by atoms with Crippen molar-refractivity contribution < 1.29 is 9.84 Å². The molecule has 9 heteroatoms. The predicted molar refractivity (Wildman–Crippen MR) is 69.0 cm³/mol. The lowest BCUT2D eigenvalue weighted by Crippen LogP contribution is -2.28. The first-order valence-corrected chi connectivity index (χ1v) is 5.79. The number of rotatable bonds is 2. The van der Waals surface area contributed by atoms with Crippen LogP contribution in [0.5, 0.6) is 0 Å². The van der Waals surface area contributed by atoms with Crippen LogP contribution in [-0.4, -0.2) is 21.4 Å². The number of nitrogen functional groups attached to an aromatic ring is 1. The first-order valence-electron chi connectivity index (χ1n) is 4.61. The molecule has 1 heterocycles. The molecule has 0 atom stereocenters. The van der Waals surface area contributed by atoms with E-state index in [-0.39, 0.29) is 23.0 Å². The van der Waals surface area contributed by atoms with Gasteiger partial charge in [0, 0.05) is 9.50 Å². The highest BCUT2D eigenvalue weighted by Crippen LogP contribution is 2.29. The first-order chi connectivity index (χ1) is 8.50. The Morgan fingerprint density at radius 3 is 2.83 bits per heavy atom. The lowest BCUT2D eigenvalue weighted by Gasteiger charge is -2.17. The van der Waals surface area contributed by atoms with Crippen molar-refractivity contribution >= 4 is 44.9 Å². The number of halogens is 2. The van der Waals surface area contributed by atoms with E-state index < -0.39 is 0 Å². The molecule has 0 saturated heterocycles. The second-order valence-electron chi connectivity index (χ2n) is 3.25. The molecule has 0 unspecified atom stereocenters. The second-order valence-corrected chi connectivity index (χ2v) is 4.54. The standard InChI is InChI=1S/C9H7BrClN5O2/c10-5-2-1-4(11)3-6(5)16(17)9(13)7-8(12)15-18-14-7/h1-3,13,17H,(H2,12,15). The number of amidine groups is 1. The van der Waals surface area contributed by atoms with E-state index in [0.29, 0.717) is 14.6 Å². The van der Waals surface area contributed by atoms with Gasteiger partial charge in [-0.15, -0.1) is 0 Å². The summed E-state index contributed by atoms with van der Waals surface area (Å²) in [5, 5.41) is 25.5. The number of hydrogen-bond donors (Lipinski definition) is 3. The van der Waals surface area contributed by atoms with Crippen LogP contribution >= 0.6 is 27.5 Å². The Kier molecular flexibility index (Phi) is 3.50. The summed E-state index contributed by atoms with van der Waals surface area (Å²) in [4.78, 5) is 0. The summed E-state index contributed by atoms with van der Waals surface area (Å²) in [5.74, 6) is -0.464. The van der Waals surface area contributed by atoms with Gasteiger partial charge in [-0.25, -0.2) is 9.69 Å². The van der Waals surface area contributed by atoms with Crippen LogP contribution in [-0.2, 0) is 0 Å². The molecule has 0 spiro atoms. The van der Waals surface area contributed by atoms with Crippen LogP contribution in [0.2, 0.25) is 5.02 Å². The average molecular weight is 333 g/mol. The fourth-order valence-corrected chi connectivity index (χ4v) is 1.81. The van der Waals surface area contributed by atoms with Gasteiger partial charge in [0.15, 0.2) is 17.3 Å². The van der Waals surface area contributed by atoms with E-state index in [4.69, 9.17) is 22.7 Å². The largest absolute Gasteiger partial charge is 0.379 e. The number of anilines is 2. The minimum atomic E-state index is -0.378. The van der Waals surface area contributed by atoms with Crippen molar-refractivity contribution in [1.82, 2.24) is 10.3 Å². The molecular weight excluding hydrogens is 325 g/mol. The zero-order chi connectivity index (χ0) is 13.3. The van der Waals surface area contributed by atoms with E-state index in [2.05, 4.69) is 30.9 Å². The molecule has 4 N–H and O–H groups in total. The first kappa shape index (κ1) is 12.8. The third-order valence-corrected chi connectivity index (χ3v) is 2.99. The van der Waals surface area contributed by atoms with Gasteiger partial charge in [-0.1, -0.05) is 11.6 Å². The fourth-order valence-electron chi connectivity index (χ4n) is 1.23. The lowest BCUT2D eigenvalue weighted by atomic mass is 10.3. The maximum atomic E-state index is 9.95. The van der Waals surface area contributed by atoms with Gasteiger partial charge in [0.2, 0.25) is 0 Å². The minimum Gasteiger partial charge on any atom is -0.379 e. The molecule has 0 radical (unpaired) electrons. The Bertz CT molecular complexity index is 602. The maximum absolute atomic E-state index is 9.95. The van der Waals surface area contributed by atoms with E-state index in [1.807, 2.05) is 0 Å². The van der Waals surface area contributed by atoms with Crippen LogP contribution in [0.25, 0.3) is 0 Å². The fraction of sp³-hybridized carbons (Fsp3) is 0. The van der Waals surface area contributed by atoms with Crippen molar-refractivity contribution in [2.24, 2.45) is 0 Å².